The van der Waals surface area contributed by atoms with E-state index < -0.39 is 0 Å². The van der Waals surface area contributed by atoms with Crippen LogP contribution in [-0.4, -0.2) is 19.8 Å². The quantitative estimate of drug-likeness (QED) is 0.740. The van der Waals surface area contributed by atoms with Gasteiger partial charge in [0.1, 0.15) is 0 Å². The number of hydrogen-bond acceptors (Lipinski definition) is 4. The van der Waals surface area contributed by atoms with Gasteiger partial charge in [-0.3, -0.25) is 0 Å². The van der Waals surface area contributed by atoms with Gasteiger partial charge in [0.15, 0.2) is 5.82 Å². The summed E-state index contributed by atoms with van der Waals surface area (Å²) in [5.41, 5.74) is 1.91. The molecule has 3 aromatic rings. The zero-order valence-corrected chi connectivity index (χ0v) is 9.08. The van der Waals surface area contributed by atoms with E-state index in [-0.39, 0.29) is 6.61 Å². The summed E-state index contributed by atoms with van der Waals surface area (Å²) in [6.07, 6.45) is 3.27. The van der Waals surface area contributed by atoms with Crippen LogP contribution >= 0.6 is 0 Å². The van der Waals surface area contributed by atoms with Crippen molar-refractivity contribution in [3.63, 3.8) is 0 Å². The number of para-hydroxylation sites is 1. The molecule has 17 heavy (non-hydrogen) atoms. The Morgan fingerprint density at radius 3 is 3.00 bits per heavy atom. The molecule has 0 radical (unpaired) electrons. The topological polar surface area (TPSA) is 64.1 Å². The molecule has 0 spiro atoms. The molecule has 86 valence electrons. The highest BCUT2D eigenvalue weighted by Crippen LogP contribution is 2.20. The number of fused-ring (bicyclic) bond motifs is 1. The Labute approximate surface area is 97.3 Å². The van der Waals surface area contributed by atoms with Crippen LogP contribution in [0.2, 0.25) is 0 Å². The summed E-state index contributed by atoms with van der Waals surface area (Å²) in [4.78, 5) is 3.99. The maximum atomic E-state index is 9.34. The third-order valence-electron chi connectivity index (χ3n) is 2.76. The molecule has 0 aliphatic carbocycles. The number of rotatable bonds is 3. The normalized spacial score (nSPS) is 11.1. The summed E-state index contributed by atoms with van der Waals surface area (Å²) >= 11 is 0. The number of aliphatic hydroxyl groups is 1. The minimum absolute atomic E-state index is 0.0214. The molecule has 0 saturated carbocycles. The van der Waals surface area contributed by atoms with E-state index >= 15 is 0 Å². The Hall–Kier alpha value is -2.14. The fourth-order valence-corrected chi connectivity index (χ4v) is 2.01. The van der Waals surface area contributed by atoms with Crippen LogP contribution in [0.25, 0.3) is 10.9 Å². The molecule has 0 aliphatic heterocycles. The van der Waals surface area contributed by atoms with Gasteiger partial charge in [-0.25, -0.2) is 0 Å². The first-order valence-corrected chi connectivity index (χ1v) is 5.31. The lowest BCUT2D eigenvalue weighted by molar-refractivity contribution is 0.283. The standard InChI is InChI=1S/C12H11N3O2/c16-7-10-3-1-2-9-4-5-15(12(9)10)6-11-13-8-17-14-11/h1-5,8,16H,6-7H2. The van der Waals surface area contributed by atoms with E-state index in [2.05, 4.69) is 10.1 Å². The second-order valence-electron chi connectivity index (χ2n) is 3.80. The summed E-state index contributed by atoms with van der Waals surface area (Å²) in [5.74, 6) is 0.621. The maximum Gasteiger partial charge on any atom is 0.213 e. The lowest BCUT2D eigenvalue weighted by Crippen LogP contribution is -2.01. The molecule has 5 nitrogen and oxygen atoms in total. The van der Waals surface area contributed by atoms with Gasteiger partial charge >= 0.3 is 0 Å². The van der Waals surface area contributed by atoms with E-state index in [0.717, 1.165) is 16.5 Å². The highest BCUT2D eigenvalue weighted by Gasteiger charge is 2.07. The van der Waals surface area contributed by atoms with E-state index in [4.69, 9.17) is 4.52 Å². The second-order valence-corrected chi connectivity index (χ2v) is 3.80. The van der Waals surface area contributed by atoms with Crippen molar-refractivity contribution in [3.8, 4) is 0 Å². The molecule has 1 aromatic carbocycles. The van der Waals surface area contributed by atoms with Gasteiger partial charge in [0.05, 0.1) is 18.7 Å². The SMILES string of the molecule is OCc1cccc2ccn(Cc3ncon3)c12. The van der Waals surface area contributed by atoms with Crippen molar-refractivity contribution in [3.05, 3.63) is 48.2 Å². The van der Waals surface area contributed by atoms with Crippen LogP contribution in [0.15, 0.2) is 41.4 Å². The summed E-state index contributed by atoms with van der Waals surface area (Å²) < 4.78 is 6.71. The molecule has 0 atom stereocenters. The minimum Gasteiger partial charge on any atom is -0.392 e. The monoisotopic (exact) mass is 229 g/mol. The zero-order chi connectivity index (χ0) is 11.7. The number of benzene rings is 1. The van der Waals surface area contributed by atoms with Crippen LogP contribution in [0.3, 0.4) is 0 Å². The molecular formula is C12H11N3O2. The van der Waals surface area contributed by atoms with Crippen molar-refractivity contribution < 1.29 is 9.63 Å². The van der Waals surface area contributed by atoms with Gasteiger partial charge in [-0.15, -0.1) is 0 Å². The molecule has 2 heterocycles. The lowest BCUT2D eigenvalue weighted by atomic mass is 10.1. The second kappa shape index (κ2) is 4.03. The third kappa shape index (κ3) is 1.70. The lowest BCUT2D eigenvalue weighted by Gasteiger charge is -2.05. The zero-order valence-electron chi connectivity index (χ0n) is 9.08. The summed E-state index contributed by atoms with van der Waals surface area (Å²) in [6.45, 7) is 0.560. The van der Waals surface area contributed by atoms with Crippen molar-refractivity contribution in [2.75, 3.05) is 0 Å². The number of aliphatic hydroxyl groups excluding tert-OH is 1. The van der Waals surface area contributed by atoms with E-state index in [9.17, 15) is 5.11 Å². The van der Waals surface area contributed by atoms with Crippen LogP contribution in [-0.2, 0) is 13.2 Å². The van der Waals surface area contributed by atoms with Crippen LogP contribution < -0.4 is 0 Å². The molecule has 0 aliphatic rings. The predicted octanol–water partition coefficient (Wildman–Crippen LogP) is 1.56. The first-order valence-electron chi connectivity index (χ1n) is 5.31. The largest absolute Gasteiger partial charge is 0.392 e. The summed E-state index contributed by atoms with van der Waals surface area (Å²) in [7, 11) is 0. The van der Waals surface area contributed by atoms with Gasteiger partial charge in [-0.1, -0.05) is 23.4 Å². The Kier molecular flexibility index (Phi) is 2.38. The highest BCUT2D eigenvalue weighted by molar-refractivity contribution is 5.83. The van der Waals surface area contributed by atoms with Crippen LogP contribution in [0.4, 0.5) is 0 Å². The first-order chi connectivity index (χ1) is 8.38. The average molecular weight is 229 g/mol. The molecule has 3 rings (SSSR count). The fraction of sp³-hybridized carbons (Fsp3) is 0.167. The van der Waals surface area contributed by atoms with Crippen molar-refractivity contribution in [1.82, 2.24) is 14.7 Å². The van der Waals surface area contributed by atoms with Gasteiger partial charge in [0.2, 0.25) is 6.39 Å². The van der Waals surface area contributed by atoms with Gasteiger partial charge in [-0.2, -0.15) is 4.98 Å². The molecule has 0 saturated heterocycles. The van der Waals surface area contributed by atoms with Crippen molar-refractivity contribution in [2.24, 2.45) is 0 Å². The molecule has 5 heteroatoms. The Balaban J connectivity index is 2.10. The predicted molar refractivity (Wildman–Crippen MR) is 61.3 cm³/mol. The number of nitrogens with zero attached hydrogens (tertiary/aromatic N) is 3. The van der Waals surface area contributed by atoms with Crippen LogP contribution in [0.1, 0.15) is 11.4 Å². The molecular weight excluding hydrogens is 218 g/mol. The number of aromatic nitrogens is 3. The fourth-order valence-electron chi connectivity index (χ4n) is 2.01. The van der Waals surface area contributed by atoms with Crippen molar-refractivity contribution in [1.29, 1.82) is 0 Å². The molecule has 0 bridgehead atoms. The van der Waals surface area contributed by atoms with Gasteiger partial charge < -0.3 is 14.2 Å². The molecule has 0 fully saturated rings. The molecule has 0 amide bonds. The van der Waals surface area contributed by atoms with E-state index in [1.807, 2.05) is 35.0 Å². The Morgan fingerprint density at radius 1 is 1.29 bits per heavy atom. The minimum atomic E-state index is 0.0214. The van der Waals surface area contributed by atoms with E-state index in [1.165, 1.54) is 6.39 Å². The molecule has 1 N–H and O–H groups in total. The number of hydrogen-bond donors (Lipinski definition) is 1. The Bertz CT molecular complexity index is 628. The third-order valence-corrected chi connectivity index (χ3v) is 2.76. The van der Waals surface area contributed by atoms with Crippen molar-refractivity contribution >= 4 is 10.9 Å². The first kappa shape index (κ1) is 10.0. The van der Waals surface area contributed by atoms with Crippen LogP contribution in [0, 0.1) is 0 Å². The molecule has 0 unspecified atom stereocenters. The summed E-state index contributed by atoms with van der Waals surface area (Å²) in [6, 6.07) is 7.87. The smallest absolute Gasteiger partial charge is 0.213 e. The van der Waals surface area contributed by atoms with Gasteiger partial charge in [-0.05, 0) is 11.5 Å². The van der Waals surface area contributed by atoms with E-state index in [0.29, 0.717) is 12.4 Å². The van der Waals surface area contributed by atoms with Gasteiger partial charge in [0.25, 0.3) is 0 Å². The van der Waals surface area contributed by atoms with Crippen LogP contribution in [0.5, 0.6) is 0 Å². The highest BCUT2D eigenvalue weighted by atomic mass is 16.5. The van der Waals surface area contributed by atoms with Gasteiger partial charge in [0, 0.05) is 11.8 Å². The summed E-state index contributed by atoms with van der Waals surface area (Å²) in [5, 5.41) is 14.2. The maximum absolute atomic E-state index is 9.34. The average Bonchev–Trinajstić information content (AvgIpc) is 2.99. The Morgan fingerprint density at radius 2 is 2.24 bits per heavy atom. The van der Waals surface area contributed by atoms with Crippen molar-refractivity contribution in [2.45, 2.75) is 13.2 Å². The van der Waals surface area contributed by atoms with E-state index in [1.54, 1.807) is 0 Å². The molecule has 2 aromatic heterocycles.